The Balaban J connectivity index is 2.00. The number of nitrogens with zero attached hydrogens (tertiary/aromatic N) is 1. The highest BCUT2D eigenvalue weighted by Crippen LogP contribution is 2.24. The average molecular weight is 260 g/mol. The van der Waals surface area contributed by atoms with Crippen molar-refractivity contribution in [1.82, 2.24) is 4.90 Å². The average Bonchev–Trinajstić information content (AvgIpc) is 2.27. The topological polar surface area (TPSA) is 29.3 Å². The van der Waals surface area contributed by atoms with Crippen LogP contribution in [0.5, 0.6) is 0 Å². The molecular formula is C17H28N2. The van der Waals surface area contributed by atoms with Gasteiger partial charge in [0, 0.05) is 18.6 Å². The molecule has 1 fully saturated rings. The van der Waals surface area contributed by atoms with Crippen LogP contribution < -0.4 is 5.73 Å². The third-order valence-corrected chi connectivity index (χ3v) is 4.03. The Morgan fingerprint density at radius 2 is 1.84 bits per heavy atom. The molecule has 0 radical (unpaired) electrons. The fraction of sp³-hybridized carbons (Fsp3) is 0.647. The van der Waals surface area contributed by atoms with Crippen LogP contribution in [0.15, 0.2) is 24.3 Å². The van der Waals surface area contributed by atoms with Gasteiger partial charge in [0.25, 0.3) is 0 Å². The standard InChI is InChI=1S/C17H28N2/c1-16(2,3)15-8-6-14(7-9-15)12-19-11-5-10-17(4,18)13-19/h6-9H,5,10-13,18H2,1-4H3. The lowest BCUT2D eigenvalue weighted by molar-refractivity contribution is 0.153. The Labute approximate surface area is 118 Å². The zero-order valence-electron chi connectivity index (χ0n) is 12.9. The predicted octanol–water partition coefficient (Wildman–Crippen LogP) is 3.30. The summed E-state index contributed by atoms with van der Waals surface area (Å²) in [6.07, 6.45) is 2.36. The van der Waals surface area contributed by atoms with E-state index in [1.54, 1.807) is 0 Å². The van der Waals surface area contributed by atoms with Crippen LogP contribution >= 0.6 is 0 Å². The summed E-state index contributed by atoms with van der Waals surface area (Å²) in [5, 5.41) is 0. The van der Waals surface area contributed by atoms with Crippen molar-refractivity contribution in [2.24, 2.45) is 5.73 Å². The molecule has 19 heavy (non-hydrogen) atoms. The highest BCUT2D eigenvalue weighted by Gasteiger charge is 2.26. The third kappa shape index (κ3) is 4.05. The smallest absolute Gasteiger partial charge is 0.0255 e. The molecule has 2 rings (SSSR count). The van der Waals surface area contributed by atoms with Gasteiger partial charge in [-0.2, -0.15) is 0 Å². The van der Waals surface area contributed by atoms with Crippen LogP contribution in [0.4, 0.5) is 0 Å². The molecule has 2 nitrogen and oxygen atoms in total. The number of hydrogen-bond acceptors (Lipinski definition) is 2. The minimum atomic E-state index is -0.0103. The molecule has 1 aromatic carbocycles. The van der Waals surface area contributed by atoms with Gasteiger partial charge in [0.15, 0.2) is 0 Å². The Bertz CT molecular complexity index is 412. The Morgan fingerprint density at radius 3 is 2.37 bits per heavy atom. The monoisotopic (exact) mass is 260 g/mol. The summed E-state index contributed by atoms with van der Waals surface area (Å²) in [6, 6.07) is 9.06. The van der Waals surface area contributed by atoms with Crippen molar-refractivity contribution < 1.29 is 0 Å². The van der Waals surface area contributed by atoms with E-state index in [2.05, 4.69) is 56.9 Å². The molecule has 1 aliphatic rings. The van der Waals surface area contributed by atoms with Crippen molar-refractivity contribution in [3.63, 3.8) is 0 Å². The summed E-state index contributed by atoms with van der Waals surface area (Å²) in [6.45, 7) is 12.1. The minimum Gasteiger partial charge on any atom is -0.324 e. The Hall–Kier alpha value is -0.860. The van der Waals surface area contributed by atoms with E-state index in [9.17, 15) is 0 Å². The lowest BCUT2D eigenvalue weighted by Crippen LogP contribution is -2.51. The maximum atomic E-state index is 6.26. The lowest BCUT2D eigenvalue weighted by Gasteiger charge is -2.37. The summed E-state index contributed by atoms with van der Waals surface area (Å²) in [4.78, 5) is 2.48. The van der Waals surface area contributed by atoms with Gasteiger partial charge in [-0.3, -0.25) is 4.90 Å². The second-order valence-corrected chi connectivity index (χ2v) is 7.42. The van der Waals surface area contributed by atoms with Gasteiger partial charge >= 0.3 is 0 Å². The summed E-state index contributed by atoms with van der Waals surface area (Å²) in [5.74, 6) is 0. The van der Waals surface area contributed by atoms with Crippen LogP contribution in [0.2, 0.25) is 0 Å². The Kier molecular flexibility index (Phi) is 4.03. The van der Waals surface area contributed by atoms with Crippen molar-refractivity contribution >= 4 is 0 Å². The normalized spacial score (nSPS) is 25.5. The van der Waals surface area contributed by atoms with E-state index in [4.69, 9.17) is 5.73 Å². The van der Waals surface area contributed by atoms with Crippen LogP contribution in [0.3, 0.4) is 0 Å². The molecule has 0 aromatic heterocycles. The van der Waals surface area contributed by atoms with Crippen LogP contribution in [0.1, 0.15) is 51.7 Å². The zero-order chi connectivity index (χ0) is 14.1. The molecule has 0 bridgehead atoms. The van der Waals surface area contributed by atoms with E-state index in [1.165, 1.54) is 24.1 Å². The summed E-state index contributed by atoms with van der Waals surface area (Å²) < 4.78 is 0. The van der Waals surface area contributed by atoms with Gasteiger partial charge in [-0.15, -0.1) is 0 Å². The molecule has 1 saturated heterocycles. The summed E-state index contributed by atoms with van der Waals surface area (Å²) >= 11 is 0. The SMILES string of the molecule is CC1(N)CCCN(Cc2ccc(C(C)(C)C)cc2)C1. The van der Waals surface area contributed by atoms with Crippen LogP contribution in [0, 0.1) is 0 Å². The van der Waals surface area contributed by atoms with Crippen molar-refractivity contribution in [2.45, 2.75) is 58.0 Å². The first-order valence-electron chi connectivity index (χ1n) is 7.37. The molecule has 1 unspecified atom stereocenters. The first-order valence-corrected chi connectivity index (χ1v) is 7.37. The molecular weight excluding hydrogens is 232 g/mol. The van der Waals surface area contributed by atoms with Crippen molar-refractivity contribution in [3.05, 3.63) is 35.4 Å². The molecule has 0 aliphatic carbocycles. The van der Waals surface area contributed by atoms with Gasteiger partial charge in [-0.1, -0.05) is 45.0 Å². The molecule has 106 valence electrons. The van der Waals surface area contributed by atoms with Crippen molar-refractivity contribution in [3.8, 4) is 0 Å². The minimum absolute atomic E-state index is 0.0103. The highest BCUT2D eigenvalue weighted by molar-refractivity contribution is 5.27. The summed E-state index contributed by atoms with van der Waals surface area (Å²) in [7, 11) is 0. The maximum absolute atomic E-state index is 6.26. The molecule has 2 N–H and O–H groups in total. The highest BCUT2D eigenvalue weighted by atomic mass is 15.2. The third-order valence-electron chi connectivity index (χ3n) is 4.03. The number of likely N-dealkylation sites (tertiary alicyclic amines) is 1. The fourth-order valence-electron chi connectivity index (χ4n) is 2.88. The van der Waals surface area contributed by atoms with Crippen molar-refractivity contribution in [2.75, 3.05) is 13.1 Å². The van der Waals surface area contributed by atoms with Gasteiger partial charge in [0.1, 0.15) is 0 Å². The van der Waals surface area contributed by atoms with Gasteiger partial charge in [-0.05, 0) is 42.9 Å². The quantitative estimate of drug-likeness (QED) is 0.884. The number of rotatable bonds is 2. The van der Waals surface area contributed by atoms with E-state index in [0.29, 0.717) is 0 Å². The van der Waals surface area contributed by atoms with Crippen LogP contribution in [-0.4, -0.2) is 23.5 Å². The Morgan fingerprint density at radius 1 is 1.21 bits per heavy atom. The summed E-state index contributed by atoms with van der Waals surface area (Å²) in [5.41, 5.74) is 9.28. The van der Waals surface area contributed by atoms with Gasteiger partial charge in [0.05, 0.1) is 0 Å². The van der Waals surface area contributed by atoms with Gasteiger partial charge in [0.2, 0.25) is 0 Å². The molecule has 0 saturated carbocycles. The second kappa shape index (κ2) is 5.26. The molecule has 0 spiro atoms. The maximum Gasteiger partial charge on any atom is 0.0255 e. The molecule has 2 heteroatoms. The molecule has 0 amide bonds. The number of nitrogens with two attached hydrogens (primary N) is 1. The van der Waals surface area contributed by atoms with Gasteiger partial charge < -0.3 is 5.73 Å². The zero-order valence-corrected chi connectivity index (χ0v) is 12.9. The lowest BCUT2D eigenvalue weighted by atomic mass is 9.86. The van der Waals surface area contributed by atoms with E-state index >= 15 is 0 Å². The van der Waals surface area contributed by atoms with Crippen molar-refractivity contribution in [1.29, 1.82) is 0 Å². The second-order valence-electron chi connectivity index (χ2n) is 7.42. The van der Waals surface area contributed by atoms with E-state index in [0.717, 1.165) is 19.5 Å². The van der Waals surface area contributed by atoms with E-state index in [-0.39, 0.29) is 11.0 Å². The molecule has 1 aromatic rings. The first-order chi connectivity index (χ1) is 8.76. The van der Waals surface area contributed by atoms with E-state index in [1.807, 2.05) is 0 Å². The fourth-order valence-corrected chi connectivity index (χ4v) is 2.88. The molecule has 1 heterocycles. The number of hydrogen-bond donors (Lipinski definition) is 1. The van der Waals surface area contributed by atoms with Crippen LogP contribution in [0.25, 0.3) is 0 Å². The number of benzene rings is 1. The predicted molar refractivity (Wildman–Crippen MR) is 82.2 cm³/mol. The number of piperidine rings is 1. The van der Waals surface area contributed by atoms with E-state index < -0.39 is 0 Å². The first kappa shape index (κ1) is 14.5. The van der Waals surface area contributed by atoms with Crippen LogP contribution in [-0.2, 0) is 12.0 Å². The largest absolute Gasteiger partial charge is 0.324 e. The van der Waals surface area contributed by atoms with Gasteiger partial charge in [-0.25, -0.2) is 0 Å². The molecule has 1 aliphatic heterocycles. The molecule has 1 atom stereocenters.